The van der Waals surface area contributed by atoms with Gasteiger partial charge in [0.15, 0.2) is 31.2 Å². The number of aliphatic hydroxyl groups is 1. The van der Waals surface area contributed by atoms with Crippen LogP contribution in [0.25, 0.3) is 0 Å². The third-order valence-corrected chi connectivity index (χ3v) is 16.0. The normalized spacial score (nSPS) is 17.4. The number of sulfone groups is 2. The first-order valence-electron chi connectivity index (χ1n) is 16.9. The van der Waals surface area contributed by atoms with Crippen LogP contribution in [0.15, 0.2) is 21.2 Å². The van der Waals surface area contributed by atoms with Crippen LogP contribution in [0.2, 0.25) is 0 Å². The van der Waals surface area contributed by atoms with E-state index >= 15 is 0 Å². The molecule has 2 fully saturated rings. The maximum absolute atomic E-state index is 12.9. The highest BCUT2D eigenvalue weighted by atomic mass is 32.2. The SMILES string of the molecule is CC(C)(C(=O)O)c1cc(CC(=O)C(C)(C)S(=O)(=O)C2CCOCC2)on1.CC(C)(CO)c1cc(CC(=O)C(C)(C)S(=O)(=O)C2CCOCC2)on1. The van der Waals surface area contributed by atoms with Crippen LogP contribution in [0.4, 0.5) is 0 Å². The highest BCUT2D eigenvalue weighted by molar-refractivity contribution is 7.94. The standard InChI is InChI=1S/C17H25NO7S.C17H27NO6S/c1-16(2,15(20)21)13-9-11(25-18-13)10-14(19)17(3,4)26(22,23)12-5-7-24-8-6-12;1-16(2,11-19)14-9-12(24-18-14)10-15(20)17(3,4)25(21,22)13-5-7-23-8-6-13/h9,12H,5-8,10H2,1-4H3,(H,20,21);9,13,19H,5-8,10-11H2,1-4H3. The van der Waals surface area contributed by atoms with Crippen molar-refractivity contribution in [1.82, 2.24) is 10.3 Å². The van der Waals surface area contributed by atoms with Crippen molar-refractivity contribution in [3.05, 3.63) is 35.0 Å². The predicted molar refractivity (Wildman–Crippen MR) is 185 cm³/mol. The largest absolute Gasteiger partial charge is 0.481 e. The number of hydrogen-bond acceptors (Lipinski definition) is 14. The van der Waals surface area contributed by atoms with Gasteiger partial charge >= 0.3 is 5.97 Å². The lowest BCUT2D eigenvalue weighted by molar-refractivity contribution is -0.142. The third-order valence-electron chi connectivity index (χ3n) is 10.0. The van der Waals surface area contributed by atoms with Crippen molar-refractivity contribution in [2.24, 2.45) is 0 Å². The van der Waals surface area contributed by atoms with E-state index in [-0.39, 0.29) is 30.9 Å². The Kier molecular flexibility index (Phi) is 13.3. The Hall–Kier alpha value is -2.99. The number of aliphatic hydroxyl groups excluding tert-OH is 1. The van der Waals surface area contributed by atoms with Crippen LogP contribution in [-0.4, -0.2) is 108 Å². The van der Waals surface area contributed by atoms with Gasteiger partial charge in [-0.05, 0) is 67.2 Å². The molecular formula is C34H52N2O13S2. The van der Waals surface area contributed by atoms with Crippen LogP contribution in [0.3, 0.4) is 0 Å². The van der Waals surface area contributed by atoms with Crippen LogP contribution < -0.4 is 0 Å². The molecule has 17 heteroatoms. The van der Waals surface area contributed by atoms with Crippen molar-refractivity contribution in [3.63, 3.8) is 0 Å². The summed E-state index contributed by atoms with van der Waals surface area (Å²) in [4.78, 5) is 36.7. The summed E-state index contributed by atoms with van der Waals surface area (Å²) in [5.41, 5.74) is -1.15. The van der Waals surface area contributed by atoms with E-state index < -0.39 is 68.0 Å². The summed E-state index contributed by atoms with van der Waals surface area (Å²) >= 11 is 0. The molecule has 2 aromatic heterocycles. The number of ether oxygens (including phenoxy) is 2. The van der Waals surface area contributed by atoms with Crippen LogP contribution in [0, 0.1) is 0 Å². The minimum atomic E-state index is -3.70. The second-order valence-corrected chi connectivity index (χ2v) is 20.8. The molecule has 2 aromatic rings. The minimum absolute atomic E-state index is 0.115. The molecule has 2 aliphatic rings. The van der Waals surface area contributed by atoms with Gasteiger partial charge in [-0.15, -0.1) is 0 Å². The number of aliphatic carboxylic acids is 1. The number of Topliss-reactive ketones (excluding diaryl/α,β-unsaturated/α-hetero) is 2. The summed E-state index contributed by atoms with van der Waals surface area (Å²) in [5.74, 6) is -1.57. The van der Waals surface area contributed by atoms with Crippen LogP contribution in [-0.2, 0) is 67.2 Å². The zero-order valence-electron chi connectivity index (χ0n) is 30.7. The second-order valence-electron chi connectivity index (χ2n) is 15.3. The number of hydrogen-bond donors (Lipinski definition) is 2. The van der Waals surface area contributed by atoms with E-state index in [1.165, 1.54) is 47.6 Å². The number of carbonyl (C=O) groups is 3. The molecule has 0 aliphatic carbocycles. The monoisotopic (exact) mass is 760 g/mol. The molecule has 51 heavy (non-hydrogen) atoms. The minimum Gasteiger partial charge on any atom is -0.481 e. The molecule has 15 nitrogen and oxygen atoms in total. The maximum Gasteiger partial charge on any atom is 0.315 e. The van der Waals surface area contributed by atoms with Gasteiger partial charge in [-0.3, -0.25) is 14.4 Å². The molecule has 0 radical (unpaired) electrons. The molecule has 4 rings (SSSR count). The van der Waals surface area contributed by atoms with Crippen molar-refractivity contribution in [1.29, 1.82) is 0 Å². The molecule has 2 N–H and O–H groups in total. The fourth-order valence-corrected chi connectivity index (χ4v) is 9.53. The van der Waals surface area contributed by atoms with E-state index in [1.807, 2.05) is 0 Å². The number of carboxylic acid groups (broad SMARTS) is 1. The average molecular weight is 761 g/mol. The lowest BCUT2D eigenvalue weighted by atomic mass is 9.89. The number of rotatable bonds is 14. The van der Waals surface area contributed by atoms with E-state index in [2.05, 4.69) is 10.3 Å². The molecule has 0 amide bonds. The number of aromatic nitrogens is 2. The maximum atomic E-state index is 12.9. The Bertz CT molecular complexity index is 1760. The highest BCUT2D eigenvalue weighted by Gasteiger charge is 2.48. The number of ketones is 2. The molecule has 2 aliphatic heterocycles. The summed E-state index contributed by atoms with van der Waals surface area (Å²) in [7, 11) is -7.34. The topological polar surface area (TPSA) is 230 Å². The Morgan fingerprint density at radius 2 is 1.04 bits per heavy atom. The first kappa shape index (κ1) is 42.4. The molecule has 0 bridgehead atoms. The van der Waals surface area contributed by atoms with Crippen molar-refractivity contribution in [2.45, 2.75) is 125 Å². The lowest BCUT2D eigenvalue weighted by Gasteiger charge is -2.30. The quantitative estimate of drug-likeness (QED) is 0.282. The van der Waals surface area contributed by atoms with Gasteiger partial charge < -0.3 is 28.7 Å². The Morgan fingerprint density at radius 3 is 1.39 bits per heavy atom. The van der Waals surface area contributed by atoms with Gasteiger partial charge in [0.05, 0.1) is 35.6 Å². The van der Waals surface area contributed by atoms with Crippen LogP contribution in [0.5, 0.6) is 0 Å². The highest BCUT2D eigenvalue weighted by Crippen LogP contribution is 2.32. The van der Waals surface area contributed by atoms with Crippen molar-refractivity contribution >= 4 is 37.2 Å². The molecule has 2 saturated heterocycles. The third kappa shape index (κ3) is 9.15. The van der Waals surface area contributed by atoms with E-state index in [0.29, 0.717) is 63.6 Å². The number of nitrogens with zero attached hydrogens (tertiary/aromatic N) is 2. The fraction of sp³-hybridized carbons (Fsp3) is 0.735. The molecule has 0 spiro atoms. The van der Waals surface area contributed by atoms with E-state index in [0.717, 1.165) is 0 Å². The zero-order valence-corrected chi connectivity index (χ0v) is 32.3. The summed E-state index contributed by atoms with van der Waals surface area (Å²) in [6, 6.07) is 2.99. The van der Waals surface area contributed by atoms with Gasteiger partial charge in [0.25, 0.3) is 0 Å². The van der Waals surface area contributed by atoms with Gasteiger partial charge in [-0.25, -0.2) is 16.8 Å². The summed E-state index contributed by atoms with van der Waals surface area (Å²) in [6.45, 7) is 13.7. The summed E-state index contributed by atoms with van der Waals surface area (Å²) < 4.78 is 69.2. The van der Waals surface area contributed by atoms with Crippen LogP contribution in [0.1, 0.15) is 104 Å². The molecule has 0 aromatic carbocycles. The fourth-order valence-electron chi connectivity index (χ4n) is 5.46. The van der Waals surface area contributed by atoms with Crippen LogP contribution >= 0.6 is 0 Å². The Morgan fingerprint density at radius 1 is 0.686 bits per heavy atom. The lowest BCUT2D eigenvalue weighted by Crippen LogP contribution is -2.48. The molecular weight excluding hydrogens is 709 g/mol. The van der Waals surface area contributed by atoms with Gasteiger partial charge in [-0.2, -0.15) is 0 Å². The smallest absolute Gasteiger partial charge is 0.315 e. The molecule has 0 unspecified atom stereocenters. The van der Waals surface area contributed by atoms with E-state index in [1.54, 1.807) is 19.9 Å². The second kappa shape index (κ2) is 15.9. The average Bonchev–Trinajstić information content (AvgIpc) is 3.76. The van der Waals surface area contributed by atoms with Crippen molar-refractivity contribution < 1.29 is 60.0 Å². The molecule has 0 atom stereocenters. The number of carboxylic acids is 1. The van der Waals surface area contributed by atoms with Crippen molar-refractivity contribution in [3.8, 4) is 0 Å². The Balaban J connectivity index is 0.000000276. The first-order valence-corrected chi connectivity index (χ1v) is 20.0. The van der Waals surface area contributed by atoms with E-state index in [9.17, 15) is 41.4 Å². The first-order chi connectivity index (χ1) is 23.4. The molecule has 288 valence electrons. The predicted octanol–water partition coefficient (Wildman–Crippen LogP) is 2.95. The van der Waals surface area contributed by atoms with Gasteiger partial charge in [0.1, 0.15) is 32.1 Å². The summed E-state index contributed by atoms with van der Waals surface area (Å²) in [6.07, 6.45) is 1.16. The Labute approximate surface area is 299 Å². The van der Waals surface area contributed by atoms with Gasteiger partial charge in [0.2, 0.25) is 0 Å². The summed E-state index contributed by atoms with van der Waals surface area (Å²) in [5, 5.41) is 25.1. The number of carbonyl (C=O) groups excluding carboxylic acids is 2. The van der Waals surface area contributed by atoms with E-state index in [4.69, 9.17) is 18.5 Å². The molecule has 0 saturated carbocycles. The van der Waals surface area contributed by atoms with Gasteiger partial charge in [-0.1, -0.05) is 24.2 Å². The molecule has 4 heterocycles. The van der Waals surface area contributed by atoms with Crippen molar-refractivity contribution in [2.75, 3.05) is 33.0 Å². The zero-order chi connectivity index (χ0) is 38.6. The van der Waals surface area contributed by atoms with Gasteiger partial charge in [0, 0.05) is 44.0 Å².